The Bertz CT molecular complexity index is 1020. The van der Waals surface area contributed by atoms with Crippen molar-refractivity contribution in [1.82, 2.24) is 5.43 Å². The number of nitrogens with one attached hydrogen (secondary N) is 1. The zero-order valence-corrected chi connectivity index (χ0v) is 17.6. The Balaban J connectivity index is 2.12. The fraction of sp³-hybridized carbons (Fsp3) is 0.250. The molecule has 0 aliphatic rings. The smallest absolute Gasteiger partial charge is 0.335 e. The van der Waals surface area contributed by atoms with Crippen molar-refractivity contribution in [3.05, 3.63) is 59.7 Å². The van der Waals surface area contributed by atoms with Crippen molar-refractivity contribution in [3.63, 3.8) is 0 Å². The van der Waals surface area contributed by atoms with Gasteiger partial charge in [-0.25, -0.2) is 18.6 Å². The molecule has 0 bridgehead atoms. The van der Waals surface area contributed by atoms with Crippen molar-refractivity contribution in [1.29, 1.82) is 0 Å². The summed E-state index contributed by atoms with van der Waals surface area (Å²) in [5.41, 5.74) is 3.32. The van der Waals surface area contributed by atoms with Crippen LogP contribution in [0.15, 0.2) is 53.6 Å². The number of amides is 1. The number of aromatic carboxylic acids is 1. The maximum atomic E-state index is 12.5. The van der Waals surface area contributed by atoms with Gasteiger partial charge in [0.25, 0.3) is 5.91 Å². The van der Waals surface area contributed by atoms with Crippen molar-refractivity contribution in [2.24, 2.45) is 5.10 Å². The van der Waals surface area contributed by atoms with Gasteiger partial charge in [-0.15, -0.1) is 0 Å². The fourth-order valence-corrected chi connectivity index (χ4v) is 3.82. The van der Waals surface area contributed by atoms with Crippen molar-refractivity contribution in [3.8, 4) is 5.75 Å². The van der Waals surface area contributed by atoms with Crippen molar-refractivity contribution < 1.29 is 27.9 Å². The van der Waals surface area contributed by atoms with E-state index in [4.69, 9.17) is 9.84 Å². The molecule has 1 amide bonds. The number of rotatable bonds is 9. The summed E-state index contributed by atoms with van der Waals surface area (Å²) in [6.45, 7) is 3.76. The molecular weight excluding hydrogens is 410 g/mol. The second-order valence-corrected chi connectivity index (χ2v) is 8.18. The average molecular weight is 433 g/mol. The first-order chi connectivity index (χ1) is 14.1. The first-order valence-electron chi connectivity index (χ1n) is 9.02. The molecule has 0 aromatic heterocycles. The fourth-order valence-electron chi connectivity index (χ4n) is 2.64. The molecule has 2 N–H and O–H groups in total. The lowest BCUT2D eigenvalue weighted by Gasteiger charge is -2.27. The normalized spacial score (nSPS) is 12.4. The highest BCUT2D eigenvalue weighted by atomic mass is 32.2. The maximum Gasteiger partial charge on any atom is 0.335 e. The minimum atomic E-state index is -3.75. The van der Waals surface area contributed by atoms with Gasteiger partial charge in [-0.2, -0.15) is 5.10 Å². The topological polar surface area (TPSA) is 125 Å². The van der Waals surface area contributed by atoms with Gasteiger partial charge in [0, 0.05) is 0 Å². The molecule has 0 spiro atoms. The van der Waals surface area contributed by atoms with Crippen LogP contribution >= 0.6 is 0 Å². The van der Waals surface area contributed by atoms with Gasteiger partial charge in [0.2, 0.25) is 10.0 Å². The Kier molecular flexibility index (Phi) is 7.54. The van der Waals surface area contributed by atoms with Crippen LogP contribution in [0.25, 0.3) is 0 Å². The van der Waals surface area contributed by atoms with Gasteiger partial charge in [-0.1, -0.05) is 12.1 Å². The van der Waals surface area contributed by atoms with Crippen LogP contribution in [0, 0.1) is 0 Å². The highest BCUT2D eigenvalue weighted by molar-refractivity contribution is 7.92. The van der Waals surface area contributed by atoms with Gasteiger partial charge in [0.05, 0.1) is 30.3 Å². The Morgan fingerprint density at radius 1 is 1.17 bits per heavy atom. The lowest BCUT2D eigenvalue weighted by atomic mass is 10.1. The minimum absolute atomic E-state index is 0.129. The van der Waals surface area contributed by atoms with E-state index in [2.05, 4.69) is 10.5 Å². The third-order valence-corrected chi connectivity index (χ3v) is 5.28. The standard InChI is InChI=1S/C20H23N3O6S/c1-4-29-18-11-9-17(10-12-18)23(30(3,27)28)14(2)19(24)22-21-13-15-5-7-16(8-6-15)20(25)26/h5-14H,4H2,1-3H3,(H,22,24)(H,25,26)/b21-13-/t14-/m1/s1. The van der Waals surface area contributed by atoms with Gasteiger partial charge in [0.1, 0.15) is 11.8 Å². The molecule has 9 nitrogen and oxygen atoms in total. The van der Waals surface area contributed by atoms with E-state index in [-0.39, 0.29) is 5.56 Å². The quantitative estimate of drug-likeness (QED) is 0.461. The van der Waals surface area contributed by atoms with Gasteiger partial charge >= 0.3 is 5.97 Å². The number of nitrogens with zero attached hydrogens (tertiary/aromatic N) is 2. The van der Waals surface area contributed by atoms with Gasteiger partial charge in [0.15, 0.2) is 0 Å². The van der Waals surface area contributed by atoms with Crippen LogP contribution in [0.4, 0.5) is 5.69 Å². The molecule has 0 radical (unpaired) electrons. The average Bonchev–Trinajstić information content (AvgIpc) is 2.69. The summed E-state index contributed by atoms with van der Waals surface area (Å²) in [5.74, 6) is -1.09. The van der Waals surface area contributed by atoms with E-state index in [1.54, 1.807) is 24.3 Å². The van der Waals surface area contributed by atoms with Crippen LogP contribution in [0.5, 0.6) is 5.75 Å². The van der Waals surface area contributed by atoms with Crippen molar-refractivity contribution in [2.45, 2.75) is 19.9 Å². The number of hydrazone groups is 1. The third-order valence-electron chi connectivity index (χ3n) is 4.04. The van der Waals surface area contributed by atoms with Crippen LogP contribution in [0.2, 0.25) is 0 Å². The van der Waals surface area contributed by atoms with Crippen molar-refractivity contribution >= 4 is 33.8 Å². The molecule has 0 saturated carbocycles. The second kappa shape index (κ2) is 9.88. The lowest BCUT2D eigenvalue weighted by molar-refractivity contribution is -0.121. The number of hydrogen-bond donors (Lipinski definition) is 2. The van der Waals surface area contributed by atoms with E-state index in [1.807, 2.05) is 6.92 Å². The molecule has 1 atom stereocenters. The predicted octanol–water partition coefficient (Wildman–Crippen LogP) is 2.09. The summed E-state index contributed by atoms with van der Waals surface area (Å²) in [4.78, 5) is 23.3. The molecule has 0 aliphatic carbocycles. The summed E-state index contributed by atoms with van der Waals surface area (Å²) >= 11 is 0. The zero-order chi connectivity index (χ0) is 22.3. The van der Waals surface area contributed by atoms with E-state index in [0.717, 1.165) is 10.6 Å². The largest absolute Gasteiger partial charge is 0.494 e. The first kappa shape index (κ1) is 22.9. The molecule has 30 heavy (non-hydrogen) atoms. The third kappa shape index (κ3) is 6.05. The molecule has 0 unspecified atom stereocenters. The molecule has 2 aromatic carbocycles. The number of sulfonamides is 1. The Labute approximate surface area is 175 Å². The molecule has 2 aromatic rings. The summed E-state index contributed by atoms with van der Waals surface area (Å²) < 4.78 is 30.9. The summed E-state index contributed by atoms with van der Waals surface area (Å²) in [7, 11) is -3.75. The molecule has 0 heterocycles. The lowest BCUT2D eigenvalue weighted by Crippen LogP contribution is -2.46. The molecule has 2 rings (SSSR count). The van der Waals surface area contributed by atoms with E-state index >= 15 is 0 Å². The van der Waals surface area contributed by atoms with Crippen LogP contribution in [0.3, 0.4) is 0 Å². The maximum absolute atomic E-state index is 12.5. The van der Waals surface area contributed by atoms with Crippen LogP contribution in [-0.2, 0) is 14.8 Å². The molecule has 0 fully saturated rings. The summed E-state index contributed by atoms with van der Waals surface area (Å²) in [6.07, 6.45) is 2.35. The van der Waals surface area contributed by atoms with Crippen LogP contribution in [-0.4, -0.2) is 50.5 Å². The zero-order valence-electron chi connectivity index (χ0n) is 16.8. The van der Waals surface area contributed by atoms with E-state index < -0.39 is 27.9 Å². The van der Waals surface area contributed by atoms with Gasteiger partial charge in [-0.3, -0.25) is 9.10 Å². The molecule has 10 heteroatoms. The molecule has 0 aliphatic heterocycles. The number of carbonyl (C=O) groups is 2. The van der Waals surface area contributed by atoms with Gasteiger partial charge in [-0.05, 0) is 55.8 Å². The highest BCUT2D eigenvalue weighted by Gasteiger charge is 2.29. The Morgan fingerprint density at radius 2 is 1.77 bits per heavy atom. The number of benzene rings is 2. The summed E-state index contributed by atoms with van der Waals surface area (Å²) in [5, 5.41) is 12.7. The number of carboxylic acid groups (broad SMARTS) is 1. The monoisotopic (exact) mass is 433 g/mol. The number of hydrogen-bond acceptors (Lipinski definition) is 6. The van der Waals surface area contributed by atoms with Crippen LogP contribution in [0.1, 0.15) is 29.8 Å². The van der Waals surface area contributed by atoms with Crippen molar-refractivity contribution in [2.75, 3.05) is 17.2 Å². The van der Waals surface area contributed by atoms with E-state index in [0.29, 0.717) is 23.6 Å². The number of carboxylic acids is 1. The Hall–Kier alpha value is -3.40. The van der Waals surface area contributed by atoms with Gasteiger partial charge < -0.3 is 9.84 Å². The minimum Gasteiger partial charge on any atom is -0.494 e. The predicted molar refractivity (Wildman–Crippen MR) is 114 cm³/mol. The second-order valence-electron chi connectivity index (χ2n) is 6.32. The first-order valence-corrected chi connectivity index (χ1v) is 10.9. The molecule has 0 saturated heterocycles. The van der Waals surface area contributed by atoms with Crippen LogP contribution < -0.4 is 14.5 Å². The van der Waals surface area contributed by atoms with E-state index in [9.17, 15) is 18.0 Å². The number of carbonyl (C=O) groups excluding carboxylic acids is 1. The molecule has 160 valence electrons. The Morgan fingerprint density at radius 3 is 2.27 bits per heavy atom. The highest BCUT2D eigenvalue weighted by Crippen LogP contribution is 2.24. The SMILES string of the molecule is CCOc1ccc(N([C@H](C)C(=O)N/N=C\c2ccc(C(=O)O)cc2)S(C)(=O)=O)cc1. The van der Waals surface area contributed by atoms with E-state index in [1.165, 1.54) is 37.4 Å². The summed E-state index contributed by atoms with van der Waals surface area (Å²) in [6, 6.07) is 11.2. The molecular formula is C20H23N3O6S. The number of anilines is 1. The number of ether oxygens (including phenoxy) is 1.